The third kappa shape index (κ3) is 1.26. The lowest BCUT2D eigenvalue weighted by molar-refractivity contribution is 0.459. The predicted molar refractivity (Wildman–Crippen MR) is 35.5 cm³/mol. The summed E-state index contributed by atoms with van der Waals surface area (Å²) in [6, 6.07) is 0. The Kier molecular flexibility index (Phi) is 2.18. The van der Waals surface area contributed by atoms with Crippen molar-refractivity contribution >= 4 is 15.9 Å². The first kappa shape index (κ1) is 7.85. The van der Waals surface area contributed by atoms with E-state index >= 15 is 0 Å². The normalized spacial score (nSPS) is 20.4. The van der Waals surface area contributed by atoms with E-state index in [0.717, 1.165) is 0 Å². The largest absolute Gasteiger partial charge is 0.208 e. The summed E-state index contributed by atoms with van der Waals surface area (Å²) >= 11 is 2.79. The molecule has 0 aromatic carbocycles. The van der Waals surface area contributed by atoms with E-state index in [9.17, 15) is 13.2 Å². The van der Waals surface area contributed by atoms with E-state index in [4.69, 9.17) is 0 Å². The van der Waals surface area contributed by atoms with Crippen LogP contribution in [0.1, 0.15) is 12.8 Å². The smallest absolute Gasteiger partial charge is 0.190 e. The molecule has 10 heavy (non-hydrogen) atoms. The summed E-state index contributed by atoms with van der Waals surface area (Å²) in [6.07, 6.45) is 0.144. The van der Waals surface area contributed by atoms with Crippen LogP contribution < -0.4 is 0 Å². The first-order valence-electron chi connectivity index (χ1n) is 2.71. The van der Waals surface area contributed by atoms with Crippen LogP contribution in [0.25, 0.3) is 0 Å². The number of rotatable bonds is 0. The van der Waals surface area contributed by atoms with E-state index in [2.05, 4.69) is 15.9 Å². The summed E-state index contributed by atoms with van der Waals surface area (Å²) in [7, 11) is 0. The number of hydrogen-bond acceptors (Lipinski definition) is 0. The first-order valence-corrected chi connectivity index (χ1v) is 3.51. The molecule has 0 heterocycles. The Labute approximate surface area is 64.5 Å². The average molecular weight is 213 g/mol. The number of allylic oxidation sites excluding steroid dienone is 4. The lowest BCUT2D eigenvalue weighted by Crippen LogP contribution is -1.93. The van der Waals surface area contributed by atoms with Gasteiger partial charge in [-0.1, -0.05) is 15.9 Å². The van der Waals surface area contributed by atoms with Gasteiger partial charge in [0.1, 0.15) is 5.83 Å². The molecule has 4 heteroatoms. The molecule has 0 nitrogen and oxygen atoms in total. The van der Waals surface area contributed by atoms with Crippen LogP contribution in [0.4, 0.5) is 13.2 Å². The van der Waals surface area contributed by atoms with Gasteiger partial charge in [0.05, 0.1) is 0 Å². The monoisotopic (exact) mass is 212 g/mol. The molecule has 0 aromatic heterocycles. The molecule has 1 aliphatic rings. The van der Waals surface area contributed by atoms with Crippen molar-refractivity contribution in [2.75, 3.05) is 0 Å². The molecule has 0 fully saturated rings. The highest BCUT2D eigenvalue weighted by atomic mass is 79.9. The minimum Gasteiger partial charge on any atom is -0.208 e. The zero-order chi connectivity index (χ0) is 7.72. The minimum atomic E-state index is -1.36. The third-order valence-corrected chi connectivity index (χ3v) is 1.98. The Morgan fingerprint density at radius 3 is 2.10 bits per heavy atom. The van der Waals surface area contributed by atoms with Crippen LogP contribution in [0.15, 0.2) is 22.0 Å². The molecule has 0 radical (unpaired) electrons. The van der Waals surface area contributed by atoms with Crippen molar-refractivity contribution in [2.24, 2.45) is 0 Å². The highest BCUT2D eigenvalue weighted by molar-refractivity contribution is 9.11. The van der Waals surface area contributed by atoms with Gasteiger partial charge in [-0.15, -0.1) is 0 Å². The second-order valence-corrected chi connectivity index (χ2v) is 2.89. The maximum Gasteiger partial charge on any atom is 0.190 e. The van der Waals surface area contributed by atoms with E-state index in [-0.39, 0.29) is 17.3 Å². The Morgan fingerprint density at radius 1 is 1.00 bits per heavy atom. The van der Waals surface area contributed by atoms with Crippen molar-refractivity contribution in [1.29, 1.82) is 0 Å². The van der Waals surface area contributed by atoms with Gasteiger partial charge in [0.2, 0.25) is 0 Å². The summed E-state index contributed by atoms with van der Waals surface area (Å²) in [5.74, 6) is -3.47. The molecule has 1 aliphatic carbocycles. The van der Waals surface area contributed by atoms with Gasteiger partial charge >= 0.3 is 0 Å². The fourth-order valence-corrected chi connectivity index (χ4v) is 1.05. The molecule has 0 bridgehead atoms. The zero-order valence-electron chi connectivity index (χ0n) is 4.93. The van der Waals surface area contributed by atoms with Gasteiger partial charge in [-0.3, -0.25) is 0 Å². The van der Waals surface area contributed by atoms with Gasteiger partial charge in [0.15, 0.2) is 11.7 Å². The van der Waals surface area contributed by atoms with Crippen molar-refractivity contribution in [3.63, 3.8) is 0 Å². The maximum absolute atomic E-state index is 12.4. The van der Waals surface area contributed by atoms with E-state index < -0.39 is 17.5 Å². The van der Waals surface area contributed by atoms with Crippen molar-refractivity contribution in [3.05, 3.63) is 22.0 Å². The minimum absolute atomic E-state index is 0.0557. The summed E-state index contributed by atoms with van der Waals surface area (Å²) < 4.78 is 37.0. The molecule has 0 atom stereocenters. The van der Waals surface area contributed by atoms with Crippen LogP contribution in [-0.4, -0.2) is 0 Å². The van der Waals surface area contributed by atoms with Crippen molar-refractivity contribution in [1.82, 2.24) is 0 Å². The fraction of sp³-hybridized carbons (Fsp3) is 0.333. The van der Waals surface area contributed by atoms with Crippen molar-refractivity contribution < 1.29 is 13.2 Å². The van der Waals surface area contributed by atoms with E-state index in [1.54, 1.807) is 0 Å². The van der Waals surface area contributed by atoms with Crippen LogP contribution in [0.2, 0.25) is 0 Å². The molecule has 0 saturated carbocycles. The summed E-state index contributed by atoms with van der Waals surface area (Å²) in [5, 5.41) is 0. The summed E-state index contributed by atoms with van der Waals surface area (Å²) in [6.45, 7) is 0. The molecule has 0 amide bonds. The molecular weight excluding hydrogens is 209 g/mol. The van der Waals surface area contributed by atoms with Crippen LogP contribution >= 0.6 is 15.9 Å². The standard InChI is InChI=1S/C6H4BrF3/c7-3-1-2-4(8)6(10)5(3)9/h1-2H2. The molecule has 0 N–H and O–H groups in total. The number of halogens is 4. The third-order valence-electron chi connectivity index (χ3n) is 1.23. The van der Waals surface area contributed by atoms with Crippen molar-refractivity contribution in [2.45, 2.75) is 12.8 Å². The van der Waals surface area contributed by atoms with E-state index in [0.29, 0.717) is 0 Å². The van der Waals surface area contributed by atoms with Gasteiger partial charge in [-0.05, 0) is 6.42 Å². The lowest BCUT2D eigenvalue weighted by Gasteiger charge is -2.07. The first-order chi connectivity index (χ1) is 4.63. The van der Waals surface area contributed by atoms with Crippen molar-refractivity contribution in [3.8, 4) is 0 Å². The Bertz CT molecular complexity index is 193. The summed E-state index contributed by atoms with van der Waals surface area (Å²) in [5.41, 5.74) is 0. The fourth-order valence-electron chi connectivity index (χ4n) is 0.677. The highest BCUT2D eigenvalue weighted by Gasteiger charge is 2.20. The van der Waals surface area contributed by atoms with Crippen LogP contribution in [0.5, 0.6) is 0 Å². The molecule has 56 valence electrons. The predicted octanol–water partition coefficient (Wildman–Crippen LogP) is 3.51. The topological polar surface area (TPSA) is 0 Å². The molecule has 0 aromatic rings. The van der Waals surface area contributed by atoms with Gasteiger partial charge < -0.3 is 0 Å². The molecule has 1 rings (SSSR count). The Balaban J connectivity index is 3.01. The molecule has 0 aliphatic heterocycles. The maximum atomic E-state index is 12.4. The van der Waals surface area contributed by atoms with Gasteiger partial charge in [0, 0.05) is 10.9 Å². The average Bonchev–Trinajstić information content (AvgIpc) is 1.93. The molecule has 0 spiro atoms. The SMILES string of the molecule is FC1=C(F)C(F)=C(Br)CC1. The van der Waals surface area contributed by atoms with E-state index in [1.807, 2.05) is 0 Å². The highest BCUT2D eigenvalue weighted by Crippen LogP contribution is 2.35. The van der Waals surface area contributed by atoms with Gasteiger partial charge in [-0.25, -0.2) is 13.2 Å². The van der Waals surface area contributed by atoms with Gasteiger partial charge in [-0.2, -0.15) is 0 Å². The Hall–Kier alpha value is -0.250. The second kappa shape index (κ2) is 2.78. The van der Waals surface area contributed by atoms with E-state index in [1.165, 1.54) is 0 Å². The van der Waals surface area contributed by atoms with Crippen LogP contribution in [0, 0.1) is 0 Å². The van der Waals surface area contributed by atoms with Crippen LogP contribution in [0.3, 0.4) is 0 Å². The number of hydrogen-bond donors (Lipinski definition) is 0. The lowest BCUT2D eigenvalue weighted by atomic mass is 10.1. The quantitative estimate of drug-likeness (QED) is 0.577. The molecular formula is C6H4BrF3. The molecule has 0 saturated heterocycles. The second-order valence-electron chi connectivity index (χ2n) is 1.94. The molecule has 0 unspecified atom stereocenters. The zero-order valence-corrected chi connectivity index (χ0v) is 6.51. The summed E-state index contributed by atoms with van der Waals surface area (Å²) in [4.78, 5) is 0. The van der Waals surface area contributed by atoms with Crippen LogP contribution in [-0.2, 0) is 0 Å². The Morgan fingerprint density at radius 2 is 1.60 bits per heavy atom. The van der Waals surface area contributed by atoms with Gasteiger partial charge in [0.25, 0.3) is 0 Å².